The quantitative estimate of drug-likeness (QED) is 0.898. The number of amides is 2. The van der Waals surface area contributed by atoms with Crippen LogP contribution in [0, 0.1) is 5.92 Å². The third kappa shape index (κ3) is 3.49. The molecule has 1 atom stereocenters. The molecule has 0 bridgehead atoms. The van der Waals surface area contributed by atoms with Crippen molar-refractivity contribution >= 4 is 11.8 Å². The summed E-state index contributed by atoms with van der Waals surface area (Å²) in [6.45, 7) is 1.06. The Kier molecular flexibility index (Phi) is 4.73. The molecule has 0 spiro atoms. The van der Waals surface area contributed by atoms with E-state index in [1.54, 1.807) is 10.9 Å². The highest BCUT2D eigenvalue weighted by Crippen LogP contribution is 2.29. The molecule has 6 heteroatoms. The van der Waals surface area contributed by atoms with Gasteiger partial charge in [0.1, 0.15) is 0 Å². The molecule has 1 unspecified atom stereocenters. The summed E-state index contributed by atoms with van der Waals surface area (Å²) < 4.78 is 1.80. The van der Waals surface area contributed by atoms with Gasteiger partial charge in [-0.15, -0.1) is 0 Å². The number of rotatable bonds is 5. The van der Waals surface area contributed by atoms with Crippen LogP contribution < -0.4 is 5.32 Å². The molecule has 2 fully saturated rings. The molecule has 1 saturated heterocycles. The Morgan fingerprint density at radius 3 is 2.65 bits per heavy atom. The largest absolute Gasteiger partial charge is 0.352 e. The van der Waals surface area contributed by atoms with Crippen LogP contribution >= 0.6 is 0 Å². The van der Waals surface area contributed by atoms with Crippen LogP contribution in [0.25, 0.3) is 5.69 Å². The first-order valence-corrected chi connectivity index (χ1v) is 9.37. The standard InChI is InChI=1S/C20H24N4O2/c25-19-12-16(14-23(19)17-4-1-2-5-17)20(26)21-13-15-6-8-18(9-7-15)24-11-3-10-22-24/h3,6-11,16-17H,1-2,4-5,12-14H2,(H,21,26). The van der Waals surface area contributed by atoms with Crippen molar-refractivity contribution in [3.63, 3.8) is 0 Å². The predicted molar refractivity (Wildman–Crippen MR) is 97.5 cm³/mol. The lowest BCUT2D eigenvalue weighted by Gasteiger charge is -2.23. The highest BCUT2D eigenvalue weighted by atomic mass is 16.2. The molecule has 1 aliphatic carbocycles. The molecule has 2 aromatic rings. The Morgan fingerprint density at radius 2 is 1.96 bits per heavy atom. The van der Waals surface area contributed by atoms with E-state index in [1.165, 1.54) is 12.8 Å². The van der Waals surface area contributed by atoms with Crippen molar-refractivity contribution in [3.05, 3.63) is 48.3 Å². The van der Waals surface area contributed by atoms with Gasteiger partial charge in [0.15, 0.2) is 0 Å². The third-order valence-electron chi connectivity index (χ3n) is 5.47. The Balaban J connectivity index is 1.30. The number of aromatic nitrogens is 2. The minimum atomic E-state index is -0.216. The summed E-state index contributed by atoms with van der Waals surface area (Å²) in [7, 11) is 0. The lowest BCUT2D eigenvalue weighted by molar-refractivity contribution is -0.130. The van der Waals surface area contributed by atoms with E-state index in [1.807, 2.05) is 41.4 Å². The van der Waals surface area contributed by atoms with Crippen LogP contribution in [0.5, 0.6) is 0 Å². The molecule has 26 heavy (non-hydrogen) atoms. The second-order valence-electron chi connectivity index (χ2n) is 7.22. The number of nitrogens with zero attached hydrogens (tertiary/aromatic N) is 3. The summed E-state index contributed by atoms with van der Waals surface area (Å²) in [6, 6.07) is 10.2. The summed E-state index contributed by atoms with van der Waals surface area (Å²) in [4.78, 5) is 26.7. The van der Waals surface area contributed by atoms with Gasteiger partial charge in [0, 0.05) is 37.9 Å². The van der Waals surface area contributed by atoms with Crippen molar-refractivity contribution in [2.75, 3.05) is 6.54 Å². The van der Waals surface area contributed by atoms with Gasteiger partial charge >= 0.3 is 0 Å². The van der Waals surface area contributed by atoms with E-state index in [2.05, 4.69) is 10.4 Å². The Hall–Kier alpha value is -2.63. The first-order chi connectivity index (χ1) is 12.7. The molecule has 0 radical (unpaired) electrons. The molecule has 1 aliphatic heterocycles. The predicted octanol–water partition coefficient (Wildman–Crippen LogP) is 2.28. The zero-order valence-electron chi connectivity index (χ0n) is 14.8. The highest BCUT2D eigenvalue weighted by Gasteiger charge is 2.38. The minimum absolute atomic E-state index is 0.0185. The number of hydrogen-bond donors (Lipinski definition) is 1. The number of likely N-dealkylation sites (tertiary alicyclic amines) is 1. The van der Waals surface area contributed by atoms with E-state index < -0.39 is 0 Å². The minimum Gasteiger partial charge on any atom is -0.352 e. The van der Waals surface area contributed by atoms with E-state index in [0.29, 0.717) is 25.6 Å². The fourth-order valence-electron chi connectivity index (χ4n) is 4.00. The summed E-state index contributed by atoms with van der Waals surface area (Å²) in [5.74, 6) is -0.0953. The lowest BCUT2D eigenvalue weighted by Crippen LogP contribution is -2.36. The van der Waals surface area contributed by atoms with Crippen LogP contribution in [0.1, 0.15) is 37.7 Å². The molecular formula is C20H24N4O2. The summed E-state index contributed by atoms with van der Waals surface area (Å²) >= 11 is 0. The highest BCUT2D eigenvalue weighted by molar-refractivity contribution is 5.89. The second-order valence-corrected chi connectivity index (χ2v) is 7.22. The Labute approximate surface area is 153 Å². The van der Waals surface area contributed by atoms with E-state index in [0.717, 1.165) is 24.1 Å². The van der Waals surface area contributed by atoms with Crippen LogP contribution in [-0.4, -0.2) is 39.1 Å². The van der Waals surface area contributed by atoms with Crippen LogP contribution in [0.4, 0.5) is 0 Å². The van der Waals surface area contributed by atoms with Gasteiger partial charge in [0.25, 0.3) is 0 Å². The normalized spacial score (nSPS) is 20.7. The molecule has 2 heterocycles. The molecule has 6 nitrogen and oxygen atoms in total. The van der Waals surface area contributed by atoms with Crippen molar-refractivity contribution in [3.8, 4) is 5.69 Å². The molecule has 2 amide bonds. The number of nitrogens with one attached hydrogen (secondary N) is 1. The lowest BCUT2D eigenvalue weighted by atomic mass is 10.1. The van der Waals surface area contributed by atoms with E-state index in [-0.39, 0.29) is 17.7 Å². The van der Waals surface area contributed by atoms with Crippen molar-refractivity contribution in [2.24, 2.45) is 5.92 Å². The van der Waals surface area contributed by atoms with Gasteiger partial charge in [0.05, 0.1) is 11.6 Å². The maximum absolute atomic E-state index is 12.5. The van der Waals surface area contributed by atoms with E-state index in [9.17, 15) is 9.59 Å². The molecule has 1 aromatic carbocycles. The van der Waals surface area contributed by atoms with Crippen LogP contribution in [-0.2, 0) is 16.1 Å². The molecule has 2 aliphatic rings. The summed E-state index contributed by atoms with van der Waals surface area (Å²) in [5, 5.41) is 7.19. The maximum atomic E-state index is 12.5. The number of hydrogen-bond acceptors (Lipinski definition) is 3. The topological polar surface area (TPSA) is 67.2 Å². The van der Waals surface area contributed by atoms with Crippen LogP contribution in [0.2, 0.25) is 0 Å². The fourth-order valence-corrected chi connectivity index (χ4v) is 4.00. The van der Waals surface area contributed by atoms with Crippen molar-refractivity contribution < 1.29 is 9.59 Å². The number of benzene rings is 1. The van der Waals surface area contributed by atoms with Crippen molar-refractivity contribution in [1.29, 1.82) is 0 Å². The van der Waals surface area contributed by atoms with Gasteiger partial charge in [-0.1, -0.05) is 25.0 Å². The average Bonchev–Trinajstić information content (AvgIpc) is 3.41. The number of carbonyl (C=O) groups excluding carboxylic acids is 2. The zero-order valence-corrected chi connectivity index (χ0v) is 14.8. The van der Waals surface area contributed by atoms with Gasteiger partial charge in [-0.05, 0) is 36.6 Å². The zero-order chi connectivity index (χ0) is 17.9. The molecule has 136 valence electrons. The smallest absolute Gasteiger partial charge is 0.225 e. The average molecular weight is 352 g/mol. The van der Waals surface area contributed by atoms with Gasteiger partial charge < -0.3 is 10.2 Å². The van der Waals surface area contributed by atoms with E-state index in [4.69, 9.17) is 0 Å². The molecule has 4 rings (SSSR count). The monoisotopic (exact) mass is 352 g/mol. The molecular weight excluding hydrogens is 328 g/mol. The second kappa shape index (κ2) is 7.32. The van der Waals surface area contributed by atoms with E-state index >= 15 is 0 Å². The first-order valence-electron chi connectivity index (χ1n) is 9.37. The van der Waals surface area contributed by atoms with Crippen LogP contribution in [0.15, 0.2) is 42.7 Å². The van der Waals surface area contributed by atoms with Crippen LogP contribution in [0.3, 0.4) is 0 Å². The SMILES string of the molecule is O=C(NCc1ccc(-n2cccn2)cc1)C1CC(=O)N(C2CCCC2)C1. The number of carbonyl (C=O) groups is 2. The maximum Gasteiger partial charge on any atom is 0.225 e. The van der Waals surface area contributed by atoms with Crippen molar-refractivity contribution in [2.45, 2.75) is 44.7 Å². The Morgan fingerprint density at radius 1 is 1.19 bits per heavy atom. The first kappa shape index (κ1) is 16.8. The molecule has 1 saturated carbocycles. The van der Waals surface area contributed by atoms with Crippen molar-refractivity contribution in [1.82, 2.24) is 20.0 Å². The fraction of sp³-hybridized carbons (Fsp3) is 0.450. The molecule has 1 N–H and O–H groups in total. The molecule has 1 aromatic heterocycles. The summed E-state index contributed by atoms with van der Waals surface area (Å²) in [6.07, 6.45) is 8.54. The van der Waals surface area contributed by atoms with Gasteiger partial charge in [0.2, 0.25) is 11.8 Å². The van der Waals surface area contributed by atoms with Gasteiger partial charge in [-0.2, -0.15) is 5.10 Å². The summed E-state index contributed by atoms with van der Waals surface area (Å²) in [5.41, 5.74) is 2.02. The van der Waals surface area contributed by atoms with Gasteiger partial charge in [-0.3, -0.25) is 9.59 Å². The van der Waals surface area contributed by atoms with Gasteiger partial charge in [-0.25, -0.2) is 4.68 Å². The Bertz CT molecular complexity index is 764. The third-order valence-corrected chi connectivity index (χ3v) is 5.47.